The molecule has 0 aromatic carbocycles. The summed E-state index contributed by atoms with van der Waals surface area (Å²) in [7, 11) is 0. The normalized spacial score (nSPS) is 17.4. The van der Waals surface area contributed by atoms with E-state index in [0.717, 1.165) is 12.8 Å². The van der Waals surface area contributed by atoms with Crippen molar-refractivity contribution in [2.24, 2.45) is 11.7 Å². The number of hydrogen-bond acceptors (Lipinski definition) is 2. The molecule has 0 bridgehead atoms. The van der Waals surface area contributed by atoms with Crippen LogP contribution < -0.4 is 11.1 Å². The van der Waals surface area contributed by atoms with E-state index in [1.54, 1.807) is 0 Å². The predicted molar refractivity (Wildman–Crippen MR) is 33.8 cm³/mol. The molecule has 51 valence electrons. The first-order valence-corrected chi connectivity index (χ1v) is 3.26. The lowest BCUT2D eigenvalue weighted by molar-refractivity contribution is -0.122. The number of carbonyl (C=O) groups excluding carboxylic acids is 1. The first-order chi connectivity index (χ1) is 4.34. The van der Waals surface area contributed by atoms with E-state index in [2.05, 4.69) is 5.32 Å². The van der Waals surface area contributed by atoms with Crippen molar-refractivity contribution in [3.05, 3.63) is 0 Å². The Morgan fingerprint density at radius 2 is 2.33 bits per heavy atom. The molecular weight excluding hydrogens is 116 g/mol. The Balaban J connectivity index is 2.03. The Morgan fingerprint density at radius 3 is 2.78 bits per heavy atom. The van der Waals surface area contributed by atoms with E-state index in [1.807, 2.05) is 0 Å². The fourth-order valence-electron chi connectivity index (χ4n) is 0.634. The average molecular weight is 127 g/mol. The molecule has 1 fully saturated rings. The zero-order chi connectivity index (χ0) is 6.69. The van der Waals surface area contributed by atoms with Crippen LogP contribution in [0.2, 0.25) is 0 Å². The molecule has 3 nitrogen and oxygen atoms in total. The Bertz CT molecular complexity index is 110. The van der Waals surface area contributed by atoms with Crippen molar-refractivity contribution in [1.82, 2.24) is 5.32 Å². The van der Waals surface area contributed by atoms with Crippen LogP contribution in [0.3, 0.4) is 0 Å². The van der Waals surface area contributed by atoms with Crippen LogP contribution in [0.25, 0.3) is 0 Å². The average Bonchev–Trinajstić information content (AvgIpc) is 2.63. The van der Waals surface area contributed by atoms with Crippen LogP contribution in [0.1, 0.15) is 12.8 Å². The summed E-state index contributed by atoms with van der Waals surface area (Å²) in [6.07, 6.45) is 2.07. The van der Waals surface area contributed by atoms with Gasteiger partial charge in [0.05, 0.1) is 6.54 Å². The largest absolute Gasteiger partial charge is 0.329 e. The molecule has 0 spiro atoms. The van der Waals surface area contributed by atoms with Crippen LogP contribution in [0, 0.1) is 5.92 Å². The fraction of sp³-hybridized carbons (Fsp3) is 0.833. The molecule has 3 heteroatoms. The predicted octanol–water partition coefficient (Wildman–Crippen LogP) is -0.514. The molecule has 0 heterocycles. The van der Waals surface area contributed by atoms with Gasteiger partial charge >= 0.3 is 0 Å². The van der Waals surface area contributed by atoms with Crippen molar-refractivity contribution in [1.29, 1.82) is 0 Å². The molecule has 0 aliphatic heterocycles. The maximum absolute atomic E-state index is 10.7. The summed E-state index contributed by atoms with van der Waals surface area (Å²) in [6.45, 7) is 0.980. The Kier molecular flexibility index (Phi) is 2.05. The second-order valence-electron chi connectivity index (χ2n) is 2.28. The van der Waals surface area contributed by atoms with Crippen LogP contribution in [-0.4, -0.2) is 19.0 Å². The standard InChI is InChI=1S/C6H11N2O/c7-3-4-8-6(9)5-1-2-5/h5H,1-4,7H2. The van der Waals surface area contributed by atoms with Crippen molar-refractivity contribution in [2.75, 3.05) is 13.1 Å². The van der Waals surface area contributed by atoms with Gasteiger partial charge in [-0.2, -0.15) is 0 Å². The summed E-state index contributed by atoms with van der Waals surface area (Å²) in [5, 5.41) is 3.74. The van der Waals surface area contributed by atoms with Crippen molar-refractivity contribution >= 4 is 5.91 Å². The number of nitrogens with zero attached hydrogens (tertiary/aromatic N) is 1. The number of nitrogens with two attached hydrogens (primary N) is 1. The summed E-state index contributed by atoms with van der Waals surface area (Å²) >= 11 is 0. The van der Waals surface area contributed by atoms with Gasteiger partial charge in [0.1, 0.15) is 0 Å². The van der Waals surface area contributed by atoms with Gasteiger partial charge in [-0.1, -0.05) is 0 Å². The lowest BCUT2D eigenvalue weighted by atomic mass is 10.4. The molecule has 1 radical (unpaired) electrons. The van der Waals surface area contributed by atoms with Gasteiger partial charge in [0.15, 0.2) is 0 Å². The van der Waals surface area contributed by atoms with E-state index in [-0.39, 0.29) is 11.8 Å². The van der Waals surface area contributed by atoms with E-state index < -0.39 is 0 Å². The van der Waals surface area contributed by atoms with E-state index in [1.165, 1.54) is 0 Å². The van der Waals surface area contributed by atoms with Crippen molar-refractivity contribution in [2.45, 2.75) is 12.8 Å². The monoisotopic (exact) mass is 127 g/mol. The van der Waals surface area contributed by atoms with Gasteiger partial charge in [-0.25, -0.2) is 5.32 Å². The lowest BCUT2D eigenvalue weighted by Crippen LogP contribution is -2.23. The number of amides is 1. The van der Waals surface area contributed by atoms with Crippen LogP contribution in [0.15, 0.2) is 0 Å². The van der Waals surface area contributed by atoms with Gasteiger partial charge in [-0.15, -0.1) is 0 Å². The van der Waals surface area contributed by atoms with Crippen LogP contribution in [0.5, 0.6) is 0 Å². The minimum absolute atomic E-state index is 0.0560. The summed E-state index contributed by atoms with van der Waals surface area (Å²) < 4.78 is 0. The van der Waals surface area contributed by atoms with Gasteiger partial charge in [0, 0.05) is 12.5 Å². The number of rotatable bonds is 3. The maximum atomic E-state index is 10.7. The Hall–Kier alpha value is -0.570. The van der Waals surface area contributed by atoms with E-state index in [0.29, 0.717) is 13.1 Å². The maximum Gasteiger partial charge on any atom is 0.244 e. The molecule has 1 amide bonds. The van der Waals surface area contributed by atoms with Gasteiger partial charge < -0.3 is 5.73 Å². The summed E-state index contributed by atoms with van der Waals surface area (Å²) in [4.78, 5) is 10.7. The molecule has 2 N–H and O–H groups in total. The number of hydrogen-bond donors (Lipinski definition) is 1. The molecule has 1 aliphatic rings. The topological polar surface area (TPSA) is 57.2 Å². The van der Waals surface area contributed by atoms with E-state index >= 15 is 0 Å². The molecule has 1 aliphatic carbocycles. The summed E-state index contributed by atoms with van der Waals surface area (Å²) in [6, 6.07) is 0. The molecule has 0 unspecified atom stereocenters. The first kappa shape index (κ1) is 6.55. The van der Waals surface area contributed by atoms with E-state index in [4.69, 9.17) is 5.73 Å². The van der Waals surface area contributed by atoms with E-state index in [9.17, 15) is 4.79 Å². The van der Waals surface area contributed by atoms with Gasteiger partial charge in [0.2, 0.25) is 5.91 Å². The van der Waals surface area contributed by atoms with Crippen molar-refractivity contribution < 1.29 is 4.79 Å². The minimum Gasteiger partial charge on any atom is -0.329 e. The SMILES string of the molecule is NCC[N]C(=O)C1CC1. The highest BCUT2D eigenvalue weighted by Gasteiger charge is 2.29. The van der Waals surface area contributed by atoms with Crippen molar-refractivity contribution in [3.8, 4) is 0 Å². The zero-order valence-corrected chi connectivity index (χ0v) is 5.34. The molecule has 0 saturated heterocycles. The molecule has 9 heavy (non-hydrogen) atoms. The molecule has 0 aromatic rings. The van der Waals surface area contributed by atoms with Crippen LogP contribution in [-0.2, 0) is 4.79 Å². The van der Waals surface area contributed by atoms with Crippen LogP contribution in [0.4, 0.5) is 0 Å². The highest BCUT2D eigenvalue weighted by atomic mass is 16.2. The highest BCUT2D eigenvalue weighted by Crippen LogP contribution is 2.28. The minimum atomic E-state index is 0.0560. The molecule has 1 saturated carbocycles. The van der Waals surface area contributed by atoms with Crippen LogP contribution >= 0.6 is 0 Å². The fourth-order valence-corrected chi connectivity index (χ4v) is 0.634. The zero-order valence-electron chi connectivity index (χ0n) is 5.34. The number of carbonyl (C=O) groups is 1. The highest BCUT2D eigenvalue weighted by molar-refractivity contribution is 5.80. The van der Waals surface area contributed by atoms with Gasteiger partial charge in [-0.05, 0) is 12.8 Å². The summed E-state index contributed by atoms with van der Waals surface area (Å²) in [5.41, 5.74) is 5.15. The lowest BCUT2D eigenvalue weighted by Gasteiger charge is -1.94. The Morgan fingerprint density at radius 1 is 1.67 bits per heavy atom. The second kappa shape index (κ2) is 2.82. The molecular formula is C6H11N2O. The summed E-state index contributed by atoms with van der Waals surface area (Å²) in [5.74, 6) is 0.317. The molecule has 1 rings (SSSR count). The third-order valence-corrected chi connectivity index (χ3v) is 1.32. The molecule has 0 atom stereocenters. The molecule has 0 aromatic heterocycles. The van der Waals surface area contributed by atoms with Crippen molar-refractivity contribution in [3.63, 3.8) is 0 Å². The third-order valence-electron chi connectivity index (χ3n) is 1.32. The first-order valence-electron chi connectivity index (χ1n) is 3.26. The Labute approximate surface area is 54.6 Å². The smallest absolute Gasteiger partial charge is 0.244 e. The third kappa shape index (κ3) is 2.01. The van der Waals surface area contributed by atoms with Gasteiger partial charge in [-0.3, -0.25) is 4.79 Å². The van der Waals surface area contributed by atoms with Gasteiger partial charge in [0.25, 0.3) is 0 Å². The quantitative estimate of drug-likeness (QED) is 0.555. The second-order valence-corrected chi connectivity index (χ2v) is 2.28.